The summed E-state index contributed by atoms with van der Waals surface area (Å²) in [7, 11) is 0. The summed E-state index contributed by atoms with van der Waals surface area (Å²) in [6, 6.07) is 6.83. The number of nitrogens with zero attached hydrogens (tertiary/aromatic N) is 1. The van der Waals surface area contributed by atoms with Crippen LogP contribution in [0.1, 0.15) is 23.2 Å². The Morgan fingerprint density at radius 1 is 1.31 bits per heavy atom. The monoisotopic (exact) mass is 219 g/mol. The van der Waals surface area contributed by atoms with E-state index in [1.807, 2.05) is 0 Å². The van der Waals surface area contributed by atoms with Gasteiger partial charge in [-0.3, -0.25) is 15.0 Å². The van der Waals surface area contributed by atoms with E-state index < -0.39 is 0 Å². The van der Waals surface area contributed by atoms with Crippen LogP contribution in [0.4, 0.5) is 5.69 Å². The zero-order chi connectivity index (χ0) is 11.5. The predicted molar refractivity (Wildman–Crippen MR) is 59.7 cm³/mol. The Kier molecular flexibility index (Phi) is 2.87. The molecule has 0 unspecified atom stereocenters. The van der Waals surface area contributed by atoms with Gasteiger partial charge in [0.2, 0.25) is 5.91 Å². The maximum absolute atomic E-state index is 11.5. The number of rotatable bonds is 2. The Hall–Kier alpha value is -1.88. The summed E-state index contributed by atoms with van der Waals surface area (Å²) in [5, 5.41) is 0. The topological polar surface area (TPSA) is 75.4 Å². The van der Waals surface area contributed by atoms with Crippen LogP contribution >= 0.6 is 0 Å². The molecule has 0 aromatic heterocycles. The highest BCUT2D eigenvalue weighted by molar-refractivity contribution is 5.97. The predicted octanol–water partition coefficient (Wildman–Crippen LogP) is 0.417. The molecule has 1 saturated heterocycles. The van der Waals surface area contributed by atoms with Crippen molar-refractivity contribution in [1.82, 2.24) is 5.43 Å². The second kappa shape index (κ2) is 4.32. The normalized spacial score (nSPS) is 15.3. The van der Waals surface area contributed by atoms with E-state index in [0.29, 0.717) is 12.0 Å². The van der Waals surface area contributed by atoms with Gasteiger partial charge in [-0.15, -0.1) is 0 Å². The molecule has 0 aliphatic carbocycles. The SMILES string of the molecule is NNC(=O)c1ccc(N2CCCC2=O)cc1. The van der Waals surface area contributed by atoms with Crippen molar-refractivity contribution in [2.45, 2.75) is 12.8 Å². The highest BCUT2D eigenvalue weighted by atomic mass is 16.2. The number of hydrogen-bond donors (Lipinski definition) is 2. The molecule has 0 saturated carbocycles. The Bertz CT molecular complexity index is 414. The van der Waals surface area contributed by atoms with Crippen LogP contribution in [0, 0.1) is 0 Å². The van der Waals surface area contributed by atoms with Crippen LogP contribution in [-0.4, -0.2) is 18.4 Å². The summed E-state index contributed by atoms with van der Waals surface area (Å²) in [5.74, 6) is 4.82. The van der Waals surface area contributed by atoms with Crippen LogP contribution in [0.5, 0.6) is 0 Å². The van der Waals surface area contributed by atoms with Gasteiger partial charge >= 0.3 is 0 Å². The first-order chi connectivity index (χ1) is 7.72. The maximum Gasteiger partial charge on any atom is 0.265 e. The first kappa shape index (κ1) is 10.6. The van der Waals surface area contributed by atoms with E-state index in [-0.39, 0.29) is 11.8 Å². The molecule has 2 rings (SSSR count). The fourth-order valence-corrected chi connectivity index (χ4v) is 1.80. The minimum Gasteiger partial charge on any atom is -0.312 e. The molecule has 1 aliphatic rings. The van der Waals surface area contributed by atoms with Crippen molar-refractivity contribution in [3.05, 3.63) is 29.8 Å². The van der Waals surface area contributed by atoms with Crippen LogP contribution in [0.25, 0.3) is 0 Å². The van der Waals surface area contributed by atoms with Crippen molar-refractivity contribution in [3.63, 3.8) is 0 Å². The number of carbonyl (C=O) groups is 2. The number of nitrogen functional groups attached to an aromatic ring is 1. The quantitative estimate of drug-likeness (QED) is 0.430. The molecule has 1 aliphatic heterocycles. The lowest BCUT2D eigenvalue weighted by Gasteiger charge is -2.15. The fourth-order valence-electron chi connectivity index (χ4n) is 1.80. The number of hydrazine groups is 1. The molecule has 1 aromatic carbocycles. The summed E-state index contributed by atoms with van der Waals surface area (Å²) in [4.78, 5) is 24.4. The Morgan fingerprint density at radius 3 is 2.50 bits per heavy atom. The third-order valence-electron chi connectivity index (χ3n) is 2.65. The number of nitrogens with two attached hydrogens (primary N) is 1. The van der Waals surface area contributed by atoms with Gasteiger partial charge in [0.05, 0.1) is 0 Å². The summed E-state index contributed by atoms with van der Waals surface area (Å²) < 4.78 is 0. The van der Waals surface area contributed by atoms with Crippen LogP contribution in [0.3, 0.4) is 0 Å². The van der Waals surface area contributed by atoms with Gasteiger partial charge in [0.25, 0.3) is 5.91 Å². The zero-order valence-electron chi connectivity index (χ0n) is 8.77. The van der Waals surface area contributed by atoms with Crippen molar-refractivity contribution < 1.29 is 9.59 Å². The van der Waals surface area contributed by atoms with Gasteiger partial charge in [-0.25, -0.2) is 5.84 Å². The number of anilines is 1. The van der Waals surface area contributed by atoms with E-state index in [9.17, 15) is 9.59 Å². The first-order valence-corrected chi connectivity index (χ1v) is 5.14. The molecular formula is C11H13N3O2. The number of benzene rings is 1. The van der Waals surface area contributed by atoms with Gasteiger partial charge in [0.15, 0.2) is 0 Å². The molecule has 1 heterocycles. The van der Waals surface area contributed by atoms with Crippen LogP contribution < -0.4 is 16.2 Å². The third kappa shape index (κ3) is 1.90. The highest BCUT2D eigenvalue weighted by Gasteiger charge is 2.21. The van der Waals surface area contributed by atoms with Gasteiger partial charge in [0.1, 0.15) is 0 Å². The molecule has 0 spiro atoms. The lowest BCUT2D eigenvalue weighted by molar-refractivity contribution is -0.117. The standard InChI is InChI=1S/C11H13N3O2/c12-13-11(16)8-3-5-9(6-4-8)14-7-1-2-10(14)15/h3-6H,1-2,7,12H2,(H,13,16). The summed E-state index contributed by atoms with van der Waals surface area (Å²) in [6.45, 7) is 0.751. The van der Waals surface area contributed by atoms with Crippen LogP contribution in [0.2, 0.25) is 0 Å². The average molecular weight is 219 g/mol. The van der Waals surface area contributed by atoms with Crippen LogP contribution in [0.15, 0.2) is 24.3 Å². The molecule has 16 heavy (non-hydrogen) atoms. The number of hydrogen-bond acceptors (Lipinski definition) is 3. The molecule has 0 atom stereocenters. The molecule has 84 valence electrons. The van der Waals surface area contributed by atoms with Gasteiger partial charge in [0, 0.05) is 24.2 Å². The summed E-state index contributed by atoms with van der Waals surface area (Å²) in [6.07, 6.45) is 1.49. The lowest BCUT2D eigenvalue weighted by atomic mass is 10.2. The van der Waals surface area contributed by atoms with E-state index in [1.165, 1.54) is 0 Å². The molecule has 5 heteroatoms. The van der Waals surface area contributed by atoms with Gasteiger partial charge in [-0.1, -0.05) is 0 Å². The molecular weight excluding hydrogens is 206 g/mol. The first-order valence-electron chi connectivity index (χ1n) is 5.14. The molecule has 3 N–H and O–H groups in total. The van der Waals surface area contributed by atoms with E-state index in [2.05, 4.69) is 5.43 Å². The molecule has 0 radical (unpaired) electrons. The number of carbonyl (C=O) groups excluding carboxylic acids is 2. The Labute approximate surface area is 93.2 Å². The fraction of sp³-hybridized carbons (Fsp3) is 0.273. The summed E-state index contributed by atoms with van der Waals surface area (Å²) >= 11 is 0. The number of nitrogens with one attached hydrogen (secondary N) is 1. The minimum atomic E-state index is -0.334. The Balaban J connectivity index is 2.19. The second-order valence-electron chi connectivity index (χ2n) is 3.67. The molecule has 1 aromatic rings. The zero-order valence-corrected chi connectivity index (χ0v) is 8.77. The van der Waals surface area contributed by atoms with Crippen molar-refractivity contribution in [2.24, 2.45) is 5.84 Å². The van der Waals surface area contributed by atoms with E-state index >= 15 is 0 Å². The minimum absolute atomic E-state index is 0.135. The van der Waals surface area contributed by atoms with Gasteiger partial charge in [-0.05, 0) is 30.7 Å². The van der Waals surface area contributed by atoms with E-state index in [4.69, 9.17) is 5.84 Å². The molecule has 2 amide bonds. The van der Waals surface area contributed by atoms with E-state index in [1.54, 1.807) is 29.2 Å². The van der Waals surface area contributed by atoms with Crippen molar-refractivity contribution in [3.8, 4) is 0 Å². The Morgan fingerprint density at radius 2 is 2.00 bits per heavy atom. The highest BCUT2D eigenvalue weighted by Crippen LogP contribution is 2.21. The van der Waals surface area contributed by atoms with Crippen molar-refractivity contribution in [1.29, 1.82) is 0 Å². The van der Waals surface area contributed by atoms with Crippen LogP contribution in [-0.2, 0) is 4.79 Å². The molecule has 5 nitrogen and oxygen atoms in total. The van der Waals surface area contributed by atoms with Gasteiger partial charge in [-0.2, -0.15) is 0 Å². The lowest BCUT2D eigenvalue weighted by Crippen LogP contribution is -2.30. The largest absolute Gasteiger partial charge is 0.312 e. The van der Waals surface area contributed by atoms with Gasteiger partial charge < -0.3 is 4.90 Å². The molecule has 0 bridgehead atoms. The smallest absolute Gasteiger partial charge is 0.265 e. The number of amides is 2. The maximum atomic E-state index is 11.5. The molecule has 1 fully saturated rings. The average Bonchev–Trinajstić information content (AvgIpc) is 2.75. The summed E-state index contributed by atoms with van der Waals surface area (Å²) in [5.41, 5.74) is 3.37. The van der Waals surface area contributed by atoms with E-state index in [0.717, 1.165) is 18.7 Å². The van der Waals surface area contributed by atoms with Crippen molar-refractivity contribution in [2.75, 3.05) is 11.4 Å². The second-order valence-corrected chi connectivity index (χ2v) is 3.67. The van der Waals surface area contributed by atoms with Crippen molar-refractivity contribution >= 4 is 17.5 Å². The third-order valence-corrected chi connectivity index (χ3v) is 2.65.